The second-order valence-electron chi connectivity index (χ2n) is 7.20. The molecule has 0 fully saturated rings. The molecular weight excluding hydrogens is 384 g/mol. The number of hydrogen-bond acceptors (Lipinski definition) is 7. The van der Waals surface area contributed by atoms with E-state index in [1.54, 1.807) is 37.1 Å². The van der Waals surface area contributed by atoms with Crippen LogP contribution in [0.15, 0.2) is 47.3 Å². The largest absolute Gasteiger partial charge is 0.467 e. The molecule has 4 aromatic heterocycles. The highest BCUT2D eigenvalue weighted by molar-refractivity contribution is 7.19. The summed E-state index contributed by atoms with van der Waals surface area (Å²) in [4.78, 5) is 16.5. The van der Waals surface area contributed by atoms with Gasteiger partial charge in [-0.2, -0.15) is 0 Å². The summed E-state index contributed by atoms with van der Waals surface area (Å²) in [5.41, 5.74) is 2.30. The highest BCUT2D eigenvalue weighted by atomic mass is 32.1. The lowest BCUT2D eigenvalue weighted by molar-refractivity contribution is 0.178. The van der Waals surface area contributed by atoms with Crippen LogP contribution in [0.1, 0.15) is 35.1 Å². The van der Waals surface area contributed by atoms with Crippen LogP contribution in [0.4, 0.5) is 5.82 Å². The summed E-state index contributed by atoms with van der Waals surface area (Å²) in [5.74, 6) is 2.35. The van der Waals surface area contributed by atoms with Crippen molar-refractivity contribution < 1.29 is 9.15 Å². The Labute approximate surface area is 173 Å². The van der Waals surface area contributed by atoms with Crippen molar-refractivity contribution in [3.63, 3.8) is 0 Å². The molecule has 1 aliphatic rings. The fourth-order valence-electron chi connectivity index (χ4n) is 3.90. The molecule has 1 N–H and O–H groups in total. The van der Waals surface area contributed by atoms with Crippen molar-refractivity contribution in [3.8, 4) is 11.4 Å². The summed E-state index contributed by atoms with van der Waals surface area (Å²) in [5, 5.41) is 4.73. The van der Waals surface area contributed by atoms with Crippen LogP contribution in [0, 0.1) is 0 Å². The van der Waals surface area contributed by atoms with E-state index in [1.807, 2.05) is 24.3 Å². The normalized spacial score (nSPS) is 14.7. The molecule has 1 atom stereocenters. The van der Waals surface area contributed by atoms with Crippen molar-refractivity contribution in [1.82, 2.24) is 15.0 Å². The van der Waals surface area contributed by atoms with Crippen molar-refractivity contribution in [2.45, 2.75) is 31.7 Å². The molecule has 0 radical (unpaired) electrons. The number of nitrogens with one attached hydrogen (secondary N) is 1. The van der Waals surface area contributed by atoms with Crippen molar-refractivity contribution in [2.75, 3.05) is 19.0 Å². The van der Waals surface area contributed by atoms with Crippen LogP contribution in [0.3, 0.4) is 0 Å². The number of fused-ring (bicyclic) bond motifs is 3. The molecule has 5 rings (SSSR count). The molecule has 0 saturated heterocycles. The van der Waals surface area contributed by atoms with Gasteiger partial charge >= 0.3 is 0 Å². The first-order valence-corrected chi connectivity index (χ1v) is 10.7. The van der Waals surface area contributed by atoms with Crippen LogP contribution in [0.2, 0.25) is 0 Å². The first-order chi connectivity index (χ1) is 14.3. The fourth-order valence-corrected chi connectivity index (χ4v) is 5.16. The lowest BCUT2D eigenvalue weighted by Gasteiger charge is -2.19. The van der Waals surface area contributed by atoms with E-state index in [9.17, 15) is 0 Å². The second kappa shape index (κ2) is 7.93. The fraction of sp³-hybridized carbons (Fsp3) is 0.318. The van der Waals surface area contributed by atoms with Crippen LogP contribution < -0.4 is 5.32 Å². The topological polar surface area (TPSA) is 73.1 Å². The van der Waals surface area contributed by atoms with Gasteiger partial charge in [0.25, 0.3) is 0 Å². The van der Waals surface area contributed by atoms with Gasteiger partial charge in [0.2, 0.25) is 0 Å². The van der Waals surface area contributed by atoms with Gasteiger partial charge in [-0.3, -0.25) is 4.98 Å². The smallest absolute Gasteiger partial charge is 0.164 e. The van der Waals surface area contributed by atoms with E-state index < -0.39 is 0 Å². The maximum absolute atomic E-state index is 5.65. The standard InChI is InChI=1S/C22H22N4O2S/c1-27-13-16(17-8-5-11-28-17)24-21-19-15-7-2-3-9-18(15)29-22(19)26-20(25-21)14-6-4-10-23-12-14/h4-6,8,10-12,16H,2-3,7,9,13H2,1H3,(H,24,25,26). The molecule has 1 unspecified atom stereocenters. The molecule has 1 aliphatic carbocycles. The van der Waals surface area contributed by atoms with E-state index >= 15 is 0 Å². The van der Waals surface area contributed by atoms with Gasteiger partial charge in [0.15, 0.2) is 5.82 Å². The zero-order valence-corrected chi connectivity index (χ0v) is 17.0. The van der Waals surface area contributed by atoms with Gasteiger partial charge in [-0.25, -0.2) is 9.97 Å². The zero-order valence-electron chi connectivity index (χ0n) is 16.2. The average molecular weight is 407 g/mol. The molecule has 29 heavy (non-hydrogen) atoms. The molecule has 148 valence electrons. The van der Waals surface area contributed by atoms with Gasteiger partial charge in [0, 0.05) is 29.9 Å². The molecular formula is C22H22N4O2S. The predicted octanol–water partition coefficient (Wildman–Crippen LogP) is 5.02. The van der Waals surface area contributed by atoms with Crippen LogP contribution in [0.5, 0.6) is 0 Å². The van der Waals surface area contributed by atoms with Crippen molar-refractivity contribution in [1.29, 1.82) is 0 Å². The Hall–Kier alpha value is -2.77. The molecule has 0 aliphatic heterocycles. The summed E-state index contributed by atoms with van der Waals surface area (Å²) in [6.07, 6.45) is 9.90. The highest BCUT2D eigenvalue weighted by Crippen LogP contribution is 2.40. The van der Waals surface area contributed by atoms with Gasteiger partial charge in [-0.05, 0) is 55.5 Å². The third-order valence-electron chi connectivity index (χ3n) is 5.27. The molecule has 6 nitrogen and oxygen atoms in total. The number of thiophene rings is 1. The first kappa shape index (κ1) is 18.3. The monoisotopic (exact) mass is 406 g/mol. The minimum atomic E-state index is -0.131. The summed E-state index contributed by atoms with van der Waals surface area (Å²) < 4.78 is 11.1. The Morgan fingerprint density at radius 2 is 2.14 bits per heavy atom. The number of ether oxygens (including phenoxy) is 1. The highest BCUT2D eigenvalue weighted by Gasteiger charge is 2.24. The predicted molar refractivity (Wildman–Crippen MR) is 114 cm³/mol. The quantitative estimate of drug-likeness (QED) is 0.484. The Bertz CT molecular complexity index is 1110. The summed E-state index contributed by atoms with van der Waals surface area (Å²) in [6.45, 7) is 0.480. The van der Waals surface area contributed by atoms with Gasteiger partial charge < -0.3 is 14.5 Å². The number of aromatic nitrogens is 3. The van der Waals surface area contributed by atoms with E-state index in [4.69, 9.17) is 19.1 Å². The summed E-state index contributed by atoms with van der Waals surface area (Å²) in [7, 11) is 1.70. The molecule has 4 aromatic rings. The van der Waals surface area contributed by atoms with E-state index in [-0.39, 0.29) is 6.04 Å². The molecule has 0 saturated carbocycles. The number of hydrogen-bond donors (Lipinski definition) is 1. The van der Waals surface area contributed by atoms with Crippen molar-refractivity contribution in [3.05, 3.63) is 59.1 Å². The Balaban J connectivity index is 1.66. The number of furan rings is 1. The van der Waals surface area contributed by atoms with E-state index in [1.165, 1.54) is 23.3 Å². The summed E-state index contributed by atoms with van der Waals surface area (Å²) >= 11 is 1.79. The Morgan fingerprint density at radius 1 is 1.21 bits per heavy atom. The minimum absolute atomic E-state index is 0.131. The number of rotatable bonds is 6. The number of pyridine rings is 1. The van der Waals surface area contributed by atoms with Gasteiger partial charge in [0.1, 0.15) is 22.5 Å². The van der Waals surface area contributed by atoms with E-state index in [0.29, 0.717) is 12.4 Å². The molecule has 4 heterocycles. The van der Waals surface area contributed by atoms with Crippen LogP contribution in [-0.2, 0) is 17.6 Å². The maximum atomic E-state index is 5.65. The zero-order chi connectivity index (χ0) is 19.6. The first-order valence-electron chi connectivity index (χ1n) is 9.85. The van der Waals surface area contributed by atoms with Gasteiger partial charge in [-0.1, -0.05) is 0 Å². The van der Waals surface area contributed by atoms with E-state index in [2.05, 4.69) is 10.3 Å². The van der Waals surface area contributed by atoms with Crippen LogP contribution in [-0.4, -0.2) is 28.7 Å². The van der Waals surface area contributed by atoms with E-state index in [0.717, 1.165) is 40.2 Å². The average Bonchev–Trinajstić information content (AvgIpc) is 3.42. The number of aryl methyl sites for hydroxylation is 2. The molecule has 0 amide bonds. The minimum Gasteiger partial charge on any atom is -0.467 e. The molecule has 7 heteroatoms. The SMILES string of the molecule is COCC(Nc1nc(-c2cccnc2)nc2sc3c(c12)CCCC3)c1ccco1. The molecule has 0 spiro atoms. The summed E-state index contributed by atoms with van der Waals surface area (Å²) in [6, 6.07) is 7.62. The lowest BCUT2D eigenvalue weighted by Crippen LogP contribution is -2.17. The number of nitrogens with zero attached hydrogens (tertiary/aromatic N) is 3. The second-order valence-corrected chi connectivity index (χ2v) is 8.28. The Kier molecular flexibility index (Phi) is 4.99. The lowest BCUT2D eigenvalue weighted by atomic mass is 9.97. The number of anilines is 1. The van der Waals surface area contributed by atoms with Crippen molar-refractivity contribution in [2.24, 2.45) is 0 Å². The van der Waals surface area contributed by atoms with Gasteiger partial charge in [0.05, 0.1) is 18.3 Å². The Morgan fingerprint density at radius 3 is 2.93 bits per heavy atom. The van der Waals surface area contributed by atoms with Gasteiger partial charge in [-0.15, -0.1) is 11.3 Å². The van der Waals surface area contributed by atoms with Crippen LogP contribution >= 0.6 is 11.3 Å². The van der Waals surface area contributed by atoms with Crippen LogP contribution in [0.25, 0.3) is 21.6 Å². The number of methoxy groups -OCH3 is 1. The third kappa shape index (κ3) is 3.52. The maximum Gasteiger partial charge on any atom is 0.164 e. The molecule has 0 bridgehead atoms. The molecule has 0 aromatic carbocycles. The van der Waals surface area contributed by atoms with Crippen molar-refractivity contribution >= 4 is 27.4 Å². The third-order valence-corrected chi connectivity index (χ3v) is 6.45.